The van der Waals surface area contributed by atoms with Gasteiger partial charge in [-0.25, -0.2) is 0 Å². The Morgan fingerprint density at radius 3 is 3.00 bits per heavy atom. The molecule has 4 rings (SSSR count). The highest BCUT2D eigenvalue weighted by molar-refractivity contribution is 6.05. The van der Waals surface area contributed by atoms with Gasteiger partial charge < -0.3 is 16.0 Å². The summed E-state index contributed by atoms with van der Waals surface area (Å²) in [6.07, 6.45) is 6.32. The van der Waals surface area contributed by atoms with Gasteiger partial charge in [-0.2, -0.15) is 0 Å². The third-order valence-corrected chi connectivity index (χ3v) is 5.04. The number of fused-ring (bicyclic) bond motifs is 1. The van der Waals surface area contributed by atoms with Gasteiger partial charge in [-0.15, -0.1) is 0 Å². The summed E-state index contributed by atoms with van der Waals surface area (Å²) in [4.78, 5) is 28.8. The Labute approximate surface area is 152 Å². The lowest BCUT2D eigenvalue weighted by Gasteiger charge is -2.17. The lowest BCUT2D eigenvalue weighted by atomic mass is 9.98. The zero-order chi connectivity index (χ0) is 17.9. The molecule has 1 atom stereocenters. The first-order valence-corrected chi connectivity index (χ1v) is 9.06. The topological polar surface area (TPSA) is 83.1 Å². The number of amides is 2. The van der Waals surface area contributed by atoms with Crippen LogP contribution < -0.4 is 16.0 Å². The summed E-state index contributed by atoms with van der Waals surface area (Å²) in [7, 11) is 0. The third kappa shape index (κ3) is 3.60. The maximum atomic E-state index is 12.6. The molecule has 2 aliphatic rings. The summed E-state index contributed by atoms with van der Waals surface area (Å²) in [6.45, 7) is 2.74. The third-order valence-electron chi connectivity index (χ3n) is 5.04. The van der Waals surface area contributed by atoms with Gasteiger partial charge in [0.15, 0.2) is 0 Å². The summed E-state index contributed by atoms with van der Waals surface area (Å²) in [6, 6.07) is 7.40. The lowest BCUT2D eigenvalue weighted by molar-refractivity contribution is 0.0944. The summed E-state index contributed by atoms with van der Waals surface area (Å²) < 4.78 is 0. The molecule has 1 aromatic carbocycles. The molecular formula is C20H22N4O2. The lowest BCUT2D eigenvalue weighted by Crippen LogP contribution is -2.31. The minimum absolute atomic E-state index is 0.0869. The van der Waals surface area contributed by atoms with Crippen LogP contribution in [0.2, 0.25) is 0 Å². The van der Waals surface area contributed by atoms with Gasteiger partial charge in [-0.05, 0) is 67.6 Å². The SMILES string of the molecule is O=C(Nc1ccc2c(c1)C(=O)NCC2)c1cncc(CC2CCNC2)c1. The first-order valence-electron chi connectivity index (χ1n) is 9.06. The number of nitrogens with zero attached hydrogens (tertiary/aromatic N) is 1. The predicted octanol–water partition coefficient (Wildman–Crippen LogP) is 1.77. The number of carbonyl (C=O) groups is 2. The van der Waals surface area contributed by atoms with Gasteiger partial charge in [-0.1, -0.05) is 6.07 Å². The molecule has 0 radical (unpaired) electrons. The Balaban J connectivity index is 1.48. The number of carbonyl (C=O) groups excluding carboxylic acids is 2. The van der Waals surface area contributed by atoms with Crippen LogP contribution in [-0.2, 0) is 12.8 Å². The summed E-state index contributed by atoms with van der Waals surface area (Å²) in [5.41, 5.74) is 3.89. The standard InChI is InChI=1S/C20H22N4O2/c25-19(16-8-14(11-22-12-16)7-13-3-5-21-10-13)24-17-2-1-15-4-6-23-20(26)18(15)9-17/h1-2,8-9,11-13,21H,3-7,10H2,(H,23,26)(H,24,25). The molecule has 2 aliphatic heterocycles. The van der Waals surface area contributed by atoms with Gasteiger partial charge in [0.2, 0.25) is 0 Å². The second kappa shape index (κ2) is 7.25. The number of hydrogen-bond donors (Lipinski definition) is 3. The average Bonchev–Trinajstić information content (AvgIpc) is 3.16. The minimum Gasteiger partial charge on any atom is -0.352 e. The van der Waals surface area contributed by atoms with Gasteiger partial charge in [0.1, 0.15) is 0 Å². The Morgan fingerprint density at radius 2 is 2.15 bits per heavy atom. The van der Waals surface area contributed by atoms with E-state index in [0.29, 0.717) is 29.3 Å². The second-order valence-electron chi connectivity index (χ2n) is 6.98. The van der Waals surface area contributed by atoms with Crippen LogP contribution in [-0.4, -0.2) is 36.4 Å². The molecule has 1 aromatic heterocycles. The van der Waals surface area contributed by atoms with E-state index in [0.717, 1.165) is 43.5 Å². The van der Waals surface area contributed by atoms with Gasteiger partial charge >= 0.3 is 0 Å². The van der Waals surface area contributed by atoms with Crippen molar-refractivity contribution in [2.75, 3.05) is 25.0 Å². The van der Waals surface area contributed by atoms with Crippen LogP contribution in [0.1, 0.15) is 38.3 Å². The van der Waals surface area contributed by atoms with Crippen LogP contribution in [0.5, 0.6) is 0 Å². The molecular weight excluding hydrogens is 328 g/mol. The molecule has 6 nitrogen and oxygen atoms in total. The number of nitrogens with one attached hydrogen (secondary N) is 3. The fourth-order valence-corrected chi connectivity index (χ4v) is 3.64. The highest BCUT2D eigenvalue weighted by atomic mass is 16.2. The van der Waals surface area contributed by atoms with E-state index in [2.05, 4.69) is 20.9 Å². The quantitative estimate of drug-likeness (QED) is 0.785. The van der Waals surface area contributed by atoms with Gasteiger partial charge in [0, 0.05) is 30.2 Å². The van der Waals surface area contributed by atoms with Crippen molar-refractivity contribution in [1.29, 1.82) is 0 Å². The van der Waals surface area contributed by atoms with E-state index in [1.165, 1.54) is 0 Å². The maximum absolute atomic E-state index is 12.6. The molecule has 1 saturated heterocycles. The van der Waals surface area contributed by atoms with Crippen molar-refractivity contribution in [2.45, 2.75) is 19.3 Å². The van der Waals surface area contributed by atoms with Crippen molar-refractivity contribution in [3.63, 3.8) is 0 Å². The number of pyridine rings is 1. The molecule has 1 fully saturated rings. The first kappa shape index (κ1) is 16.7. The Morgan fingerprint density at radius 1 is 1.23 bits per heavy atom. The molecule has 6 heteroatoms. The molecule has 1 unspecified atom stereocenters. The van der Waals surface area contributed by atoms with Gasteiger partial charge in [0.25, 0.3) is 11.8 Å². The normalized spacial score (nSPS) is 18.9. The van der Waals surface area contributed by atoms with E-state index < -0.39 is 0 Å². The molecule has 0 aliphatic carbocycles. The largest absolute Gasteiger partial charge is 0.352 e. The zero-order valence-electron chi connectivity index (χ0n) is 14.5. The molecule has 3 heterocycles. The van der Waals surface area contributed by atoms with Crippen molar-refractivity contribution in [3.8, 4) is 0 Å². The molecule has 0 saturated carbocycles. The number of aromatic nitrogens is 1. The van der Waals surface area contributed by atoms with E-state index in [4.69, 9.17) is 0 Å². The number of rotatable bonds is 4. The first-order chi connectivity index (χ1) is 12.7. The van der Waals surface area contributed by atoms with Crippen molar-refractivity contribution in [2.24, 2.45) is 5.92 Å². The summed E-state index contributed by atoms with van der Waals surface area (Å²) in [5, 5.41) is 9.06. The maximum Gasteiger partial charge on any atom is 0.257 e. The highest BCUT2D eigenvalue weighted by Gasteiger charge is 2.18. The molecule has 0 bridgehead atoms. The molecule has 26 heavy (non-hydrogen) atoms. The molecule has 0 spiro atoms. The van der Waals surface area contributed by atoms with Crippen molar-refractivity contribution in [1.82, 2.24) is 15.6 Å². The van der Waals surface area contributed by atoms with Crippen LogP contribution in [0.3, 0.4) is 0 Å². The van der Waals surface area contributed by atoms with E-state index in [1.54, 1.807) is 12.3 Å². The molecule has 2 aromatic rings. The second-order valence-corrected chi connectivity index (χ2v) is 6.98. The summed E-state index contributed by atoms with van der Waals surface area (Å²) >= 11 is 0. The highest BCUT2D eigenvalue weighted by Crippen LogP contribution is 2.20. The molecule has 134 valence electrons. The Kier molecular flexibility index (Phi) is 4.67. The van der Waals surface area contributed by atoms with E-state index in [9.17, 15) is 9.59 Å². The van der Waals surface area contributed by atoms with Crippen LogP contribution in [0.15, 0.2) is 36.7 Å². The van der Waals surface area contributed by atoms with E-state index in [1.807, 2.05) is 24.4 Å². The monoisotopic (exact) mass is 350 g/mol. The molecule has 3 N–H and O–H groups in total. The van der Waals surface area contributed by atoms with Crippen LogP contribution >= 0.6 is 0 Å². The van der Waals surface area contributed by atoms with E-state index >= 15 is 0 Å². The zero-order valence-corrected chi connectivity index (χ0v) is 14.5. The number of hydrogen-bond acceptors (Lipinski definition) is 4. The van der Waals surface area contributed by atoms with Crippen LogP contribution in [0, 0.1) is 5.92 Å². The van der Waals surface area contributed by atoms with Gasteiger partial charge in [0.05, 0.1) is 5.56 Å². The fraction of sp³-hybridized carbons (Fsp3) is 0.350. The predicted molar refractivity (Wildman–Crippen MR) is 99.4 cm³/mol. The smallest absolute Gasteiger partial charge is 0.257 e. The van der Waals surface area contributed by atoms with Crippen LogP contribution in [0.4, 0.5) is 5.69 Å². The van der Waals surface area contributed by atoms with Crippen molar-refractivity contribution in [3.05, 3.63) is 58.9 Å². The van der Waals surface area contributed by atoms with E-state index in [-0.39, 0.29) is 11.8 Å². The number of benzene rings is 1. The molecule has 2 amide bonds. The average molecular weight is 350 g/mol. The van der Waals surface area contributed by atoms with Gasteiger partial charge in [-0.3, -0.25) is 14.6 Å². The summed E-state index contributed by atoms with van der Waals surface area (Å²) in [5.74, 6) is 0.311. The fourth-order valence-electron chi connectivity index (χ4n) is 3.64. The van der Waals surface area contributed by atoms with Crippen molar-refractivity contribution < 1.29 is 9.59 Å². The van der Waals surface area contributed by atoms with Crippen LogP contribution in [0.25, 0.3) is 0 Å². The number of anilines is 1. The Hall–Kier alpha value is -2.73. The minimum atomic E-state index is -0.208. The van der Waals surface area contributed by atoms with Crippen molar-refractivity contribution >= 4 is 17.5 Å². The Bertz CT molecular complexity index is 843.